The van der Waals surface area contributed by atoms with Crippen molar-refractivity contribution in [3.05, 3.63) is 59.7 Å². The lowest BCUT2D eigenvalue weighted by Gasteiger charge is -2.19. The molecule has 0 radical (unpaired) electrons. The molecule has 2 rings (SSSR count). The highest BCUT2D eigenvalue weighted by molar-refractivity contribution is 5.39. The molecule has 2 heteroatoms. The van der Waals surface area contributed by atoms with Gasteiger partial charge in [-0.05, 0) is 40.8 Å². The first-order valence-corrected chi connectivity index (χ1v) is 6.53. The summed E-state index contributed by atoms with van der Waals surface area (Å²) in [5, 5.41) is 0. The molecule has 100 valence electrons. The molecule has 0 saturated heterocycles. The van der Waals surface area contributed by atoms with Crippen LogP contribution in [0.2, 0.25) is 0 Å². The monoisotopic (exact) mass is 255 g/mol. The van der Waals surface area contributed by atoms with Crippen LogP contribution in [0, 0.1) is 0 Å². The van der Waals surface area contributed by atoms with Crippen molar-refractivity contribution < 1.29 is 4.74 Å². The van der Waals surface area contributed by atoms with Crippen molar-refractivity contribution in [2.24, 2.45) is 0 Å². The fourth-order valence-electron chi connectivity index (χ4n) is 1.83. The maximum absolute atomic E-state index is 5.83. The van der Waals surface area contributed by atoms with Gasteiger partial charge < -0.3 is 10.5 Å². The Morgan fingerprint density at radius 3 is 2.32 bits per heavy atom. The largest absolute Gasteiger partial charge is 0.489 e. The van der Waals surface area contributed by atoms with Gasteiger partial charge in [-0.2, -0.15) is 0 Å². The summed E-state index contributed by atoms with van der Waals surface area (Å²) in [5.74, 6) is 0.907. The van der Waals surface area contributed by atoms with Gasteiger partial charge >= 0.3 is 0 Å². The molecule has 0 aliphatic carbocycles. The number of nitrogen functional groups attached to an aromatic ring is 1. The number of anilines is 1. The van der Waals surface area contributed by atoms with Crippen molar-refractivity contribution in [1.82, 2.24) is 0 Å². The molecule has 2 nitrogen and oxygen atoms in total. The van der Waals surface area contributed by atoms with Gasteiger partial charge in [0.15, 0.2) is 0 Å². The first kappa shape index (κ1) is 13.5. The van der Waals surface area contributed by atoms with Crippen LogP contribution in [0.4, 0.5) is 5.69 Å². The van der Waals surface area contributed by atoms with Crippen LogP contribution in [0.5, 0.6) is 5.75 Å². The number of rotatable bonds is 3. The molecule has 0 unspecified atom stereocenters. The molecule has 0 amide bonds. The number of nitrogens with two attached hydrogens (primary N) is 1. The summed E-state index contributed by atoms with van der Waals surface area (Å²) in [4.78, 5) is 0. The Kier molecular flexibility index (Phi) is 3.79. The van der Waals surface area contributed by atoms with Gasteiger partial charge in [-0.3, -0.25) is 0 Å². The Morgan fingerprint density at radius 2 is 1.68 bits per heavy atom. The van der Waals surface area contributed by atoms with E-state index in [9.17, 15) is 0 Å². The molecule has 0 heterocycles. The predicted octanol–water partition coefficient (Wildman–Crippen LogP) is 4.15. The second-order valence-electron chi connectivity index (χ2n) is 5.81. The van der Waals surface area contributed by atoms with Crippen LogP contribution >= 0.6 is 0 Å². The first-order chi connectivity index (χ1) is 8.95. The highest BCUT2D eigenvalue weighted by atomic mass is 16.5. The Morgan fingerprint density at radius 1 is 1.00 bits per heavy atom. The van der Waals surface area contributed by atoms with E-state index in [4.69, 9.17) is 10.5 Å². The Bertz CT molecular complexity index is 538. The van der Waals surface area contributed by atoms with E-state index in [1.807, 2.05) is 36.4 Å². The van der Waals surface area contributed by atoms with Crippen molar-refractivity contribution in [1.29, 1.82) is 0 Å². The maximum Gasteiger partial charge on any atom is 0.120 e. The van der Waals surface area contributed by atoms with Crippen LogP contribution < -0.4 is 10.5 Å². The molecule has 2 aromatic rings. The molecule has 0 aliphatic heterocycles. The molecular weight excluding hydrogens is 234 g/mol. The number of ether oxygens (including phenoxy) is 1. The zero-order valence-electron chi connectivity index (χ0n) is 11.8. The molecule has 0 aliphatic rings. The van der Waals surface area contributed by atoms with Gasteiger partial charge in [-0.25, -0.2) is 0 Å². The van der Waals surface area contributed by atoms with E-state index in [1.165, 1.54) is 5.56 Å². The molecular formula is C17H21NO. The summed E-state index contributed by atoms with van der Waals surface area (Å²) in [7, 11) is 0. The van der Waals surface area contributed by atoms with Gasteiger partial charge in [0.2, 0.25) is 0 Å². The molecule has 0 saturated carbocycles. The fourth-order valence-corrected chi connectivity index (χ4v) is 1.83. The van der Waals surface area contributed by atoms with E-state index >= 15 is 0 Å². The van der Waals surface area contributed by atoms with Gasteiger partial charge in [-0.1, -0.05) is 45.0 Å². The average molecular weight is 255 g/mol. The van der Waals surface area contributed by atoms with E-state index in [0.717, 1.165) is 17.0 Å². The highest BCUT2D eigenvalue weighted by Gasteiger charge is 2.13. The molecule has 0 spiro atoms. The fraction of sp³-hybridized carbons (Fsp3) is 0.294. The molecule has 0 aromatic heterocycles. The quantitative estimate of drug-likeness (QED) is 0.836. The van der Waals surface area contributed by atoms with Gasteiger partial charge in [0, 0.05) is 5.69 Å². The van der Waals surface area contributed by atoms with Crippen molar-refractivity contribution in [3.8, 4) is 5.75 Å². The Hall–Kier alpha value is -1.96. The molecule has 2 aromatic carbocycles. The summed E-state index contributed by atoms with van der Waals surface area (Å²) >= 11 is 0. The summed E-state index contributed by atoms with van der Waals surface area (Å²) < 4.78 is 5.83. The van der Waals surface area contributed by atoms with Crippen LogP contribution in [-0.2, 0) is 12.0 Å². The highest BCUT2D eigenvalue weighted by Crippen LogP contribution is 2.26. The topological polar surface area (TPSA) is 35.2 Å². The van der Waals surface area contributed by atoms with Gasteiger partial charge in [-0.15, -0.1) is 0 Å². The van der Waals surface area contributed by atoms with Crippen molar-refractivity contribution in [3.63, 3.8) is 0 Å². The SMILES string of the molecule is CC(C)(C)c1cccc(OCc2ccc(N)cc2)c1. The van der Waals surface area contributed by atoms with Crippen LogP contribution in [0.3, 0.4) is 0 Å². The van der Waals surface area contributed by atoms with Crippen molar-refractivity contribution in [2.45, 2.75) is 32.8 Å². The van der Waals surface area contributed by atoms with Gasteiger partial charge in [0.1, 0.15) is 12.4 Å². The number of hydrogen-bond acceptors (Lipinski definition) is 2. The van der Waals surface area contributed by atoms with E-state index in [2.05, 4.69) is 32.9 Å². The lowest BCUT2D eigenvalue weighted by atomic mass is 9.87. The zero-order valence-corrected chi connectivity index (χ0v) is 11.8. The summed E-state index contributed by atoms with van der Waals surface area (Å²) in [6.45, 7) is 7.16. The van der Waals surface area contributed by atoms with Crippen LogP contribution in [0.1, 0.15) is 31.9 Å². The zero-order chi connectivity index (χ0) is 13.9. The minimum Gasteiger partial charge on any atom is -0.489 e. The molecule has 0 bridgehead atoms. The predicted molar refractivity (Wildman–Crippen MR) is 80.3 cm³/mol. The minimum atomic E-state index is 0.139. The first-order valence-electron chi connectivity index (χ1n) is 6.53. The maximum atomic E-state index is 5.83. The number of benzene rings is 2. The van der Waals surface area contributed by atoms with E-state index in [1.54, 1.807) is 0 Å². The Labute approximate surface area is 115 Å². The normalized spacial score (nSPS) is 11.3. The second kappa shape index (κ2) is 5.35. The third-order valence-electron chi connectivity index (χ3n) is 3.09. The van der Waals surface area contributed by atoms with Crippen molar-refractivity contribution >= 4 is 5.69 Å². The van der Waals surface area contributed by atoms with Crippen LogP contribution in [-0.4, -0.2) is 0 Å². The van der Waals surface area contributed by atoms with Gasteiger partial charge in [0.05, 0.1) is 0 Å². The van der Waals surface area contributed by atoms with E-state index < -0.39 is 0 Å². The summed E-state index contributed by atoms with van der Waals surface area (Å²) in [5.41, 5.74) is 8.98. The van der Waals surface area contributed by atoms with Crippen LogP contribution in [0.15, 0.2) is 48.5 Å². The summed E-state index contributed by atoms with van der Waals surface area (Å²) in [6, 6.07) is 16.0. The number of hydrogen-bond donors (Lipinski definition) is 1. The smallest absolute Gasteiger partial charge is 0.120 e. The van der Waals surface area contributed by atoms with Crippen molar-refractivity contribution in [2.75, 3.05) is 5.73 Å². The lowest BCUT2D eigenvalue weighted by Crippen LogP contribution is -2.10. The van der Waals surface area contributed by atoms with Gasteiger partial charge in [0.25, 0.3) is 0 Å². The second-order valence-corrected chi connectivity index (χ2v) is 5.81. The summed E-state index contributed by atoms with van der Waals surface area (Å²) in [6.07, 6.45) is 0. The third kappa shape index (κ3) is 3.75. The minimum absolute atomic E-state index is 0.139. The van der Waals surface area contributed by atoms with E-state index in [0.29, 0.717) is 6.61 Å². The molecule has 2 N–H and O–H groups in total. The molecule has 0 atom stereocenters. The standard InChI is InChI=1S/C17H21NO/c1-17(2,3)14-5-4-6-16(11-14)19-12-13-7-9-15(18)10-8-13/h4-11H,12,18H2,1-3H3. The molecule has 0 fully saturated rings. The third-order valence-corrected chi connectivity index (χ3v) is 3.09. The van der Waals surface area contributed by atoms with E-state index in [-0.39, 0.29) is 5.41 Å². The van der Waals surface area contributed by atoms with Crippen LogP contribution in [0.25, 0.3) is 0 Å². The Balaban J connectivity index is 2.05. The average Bonchev–Trinajstić information content (AvgIpc) is 2.37. The lowest BCUT2D eigenvalue weighted by molar-refractivity contribution is 0.305. The molecule has 19 heavy (non-hydrogen) atoms.